The maximum absolute atomic E-state index is 13.2. The topological polar surface area (TPSA) is 116 Å². The molecule has 0 spiro atoms. The second-order valence-corrected chi connectivity index (χ2v) is 10.1. The number of ether oxygens (including phenoxy) is 3. The summed E-state index contributed by atoms with van der Waals surface area (Å²) in [7, 11) is -2.56. The lowest BCUT2D eigenvalue weighted by molar-refractivity contribution is 0.122. The quantitative estimate of drug-likeness (QED) is 0.469. The van der Waals surface area contributed by atoms with Crippen molar-refractivity contribution in [3.8, 4) is 17.2 Å². The molecule has 1 saturated heterocycles. The highest BCUT2D eigenvalue weighted by Gasteiger charge is 2.23. The van der Waals surface area contributed by atoms with Crippen molar-refractivity contribution in [2.45, 2.75) is 24.8 Å². The van der Waals surface area contributed by atoms with Gasteiger partial charge in [0.15, 0.2) is 16.6 Å². The van der Waals surface area contributed by atoms with Gasteiger partial charge in [-0.1, -0.05) is 31.5 Å². The minimum atomic E-state index is -4.07. The molecule has 0 unspecified atom stereocenters. The van der Waals surface area contributed by atoms with Crippen LogP contribution in [0.2, 0.25) is 5.02 Å². The van der Waals surface area contributed by atoms with E-state index in [0.29, 0.717) is 43.0 Å². The standard InChI is InChI=1S/C23H26ClN5O5S/c1-15(2)16-4-7-21(25-13-16)35(30,31)28-22-20(34-19-12-17(32-3)5-6-18(19)24)14-26-23(27-22)29-8-10-33-11-9-29/h4-7,12-15H,8-11H2,1-3H3,(H,26,27,28). The fourth-order valence-corrected chi connectivity index (χ4v) is 4.40. The molecule has 0 radical (unpaired) electrons. The van der Waals surface area contributed by atoms with Crippen LogP contribution in [0.15, 0.2) is 47.8 Å². The normalized spacial score (nSPS) is 14.1. The number of aromatic nitrogens is 3. The average Bonchev–Trinajstić information content (AvgIpc) is 2.86. The van der Waals surface area contributed by atoms with Crippen LogP contribution in [0, 0.1) is 0 Å². The van der Waals surface area contributed by atoms with Crippen molar-refractivity contribution in [1.82, 2.24) is 15.0 Å². The zero-order valence-corrected chi connectivity index (χ0v) is 21.1. The third-order valence-corrected chi connectivity index (χ3v) is 6.89. The number of nitrogens with zero attached hydrogens (tertiary/aromatic N) is 4. The molecule has 0 bridgehead atoms. The summed E-state index contributed by atoms with van der Waals surface area (Å²) in [4.78, 5) is 14.9. The minimum absolute atomic E-state index is 0.0462. The molecule has 1 N–H and O–H groups in total. The van der Waals surface area contributed by atoms with Crippen molar-refractivity contribution in [3.05, 3.63) is 53.3 Å². The number of sulfonamides is 1. The molecule has 10 nitrogen and oxygen atoms in total. The number of rotatable bonds is 8. The first-order chi connectivity index (χ1) is 16.8. The molecule has 0 aliphatic carbocycles. The molecule has 2 aromatic heterocycles. The van der Waals surface area contributed by atoms with Crippen LogP contribution >= 0.6 is 11.6 Å². The highest BCUT2D eigenvalue weighted by molar-refractivity contribution is 7.92. The highest BCUT2D eigenvalue weighted by atomic mass is 35.5. The Labute approximate surface area is 209 Å². The molecule has 3 heterocycles. The van der Waals surface area contributed by atoms with Gasteiger partial charge in [-0.3, -0.25) is 4.72 Å². The number of nitrogens with one attached hydrogen (secondary N) is 1. The first-order valence-corrected chi connectivity index (χ1v) is 12.8. The average molecular weight is 520 g/mol. The van der Waals surface area contributed by atoms with Gasteiger partial charge in [-0.15, -0.1) is 0 Å². The smallest absolute Gasteiger partial charge is 0.280 e. The number of hydrogen-bond donors (Lipinski definition) is 1. The lowest BCUT2D eigenvalue weighted by Gasteiger charge is -2.27. The van der Waals surface area contributed by atoms with E-state index < -0.39 is 10.0 Å². The van der Waals surface area contributed by atoms with Gasteiger partial charge in [-0.25, -0.2) is 9.97 Å². The molecular formula is C23H26ClN5O5S. The van der Waals surface area contributed by atoms with E-state index in [1.807, 2.05) is 18.7 Å². The van der Waals surface area contributed by atoms with Crippen LogP contribution in [-0.4, -0.2) is 56.8 Å². The summed E-state index contributed by atoms with van der Waals surface area (Å²) in [6.45, 7) is 6.21. The van der Waals surface area contributed by atoms with Crippen molar-refractivity contribution in [3.63, 3.8) is 0 Å². The van der Waals surface area contributed by atoms with E-state index in [1.165, 1.54) is 19.4 Å². The third-order valence-electron chi connectivity index (χ3n) is 5.33. The van der Waals surface area contributed by atoms with Crippen LogP contribution in [0.4, 0.5) is 11.8 Å². The van der Waals surface area contributed by atoms with Crippen LogP contribution in [0.25, 0.3) is 0 Å². The van der Waals surface area contributed by atoms with Gasteiger partial charge in [0.1, 0.15) is 11.5 Å². The summed E-state index contributed by atoms with van der Waals surface area (Å²) in [5, 5.41) is 0.168. The van der Waals surface area contributed by atoms with E-state index in [-0.39, 0.29) is 28.3 Å². The number of hydrogen-bond acceptors (Lipinski definition) is 9. The van der Waals surface area contributed by atoms with Crippen molar-refractivity contribution in [2.24, 2.45) is 0 Å². The number of anilines is 2. The van der Waals surface area contributed by atoms with Crippen molar-refractivity contribution in [1.29, 1.82) is 0 Å². The van der Waals surface area contributed by atoms with Gasteiger partial charge in [-0.2, -0.15) is 13.4 Å². The number of benzene rings is 1. The first kappa shape index (κ1) is 25.0. The number of pyridine rings is 1. The van der Waals surface area contributed by atoms with E-state index in [1.54, 1.807) is 30.5 Å². The lowest BCUT2D eigenvalue weighted by atomic mass is 10.1. The van der Waals surface area contributed by atoms with E-state index in [4.69, 9.17) is 25.8 Å². The molecule has 4 rings (SSSR count). The largest absolute Gasteiger partial charge is 0.497 e. The summed E-state index contributed by atoms with van der Waals surface area (Å²) in [5.74, 6) is 1.37. The monoisotopic (exact) mass is 519 g/mol. The maximum Gasteiger partial charge on any atom is 0.280 e. The summed E-state index contributed by atoms with van der Waals surface area (Å²) in [5.41, 5.74) is 0.928. The Bertz CT molecular complexity index is 1280. The Morgan fingerprint density at radius 2 is 1.86 bits per heavy atom. The molecule has 1 aliphatic rings. The third kappa shape index (κ3) is 5.92. The maximum atomic E-state index is 13.2. The van der Waals surface area contributed by atoms with Crippen molar-refractivity contribution < 1.29 is 22.6 Å². The SMILES string of the molecule is COc1ccc(Cl)c(Oc2cnc(N3CCOCC3)nc2NS(=O)(=O)c2ccc(C(C)C)cn2)c1. The minimum Gasteiger partial charge on any atom is -0.497 e. The Balaban J connectivity index is 1.70. The fourth-order valence-electron chi connectivity index (χ4n) is 3.30. The molecule has 0 saturated carbocycles. The zero-order valence-electron chi connectivity index (χ0n) is 19.6. The van der Waals surface area contributed by atoms with Gasteiger partial charge in [-0.05, 0) is 29.7 Å². The second kappa shape index (κ2) is 10.6. The van der Waals surface area contributed by atoms with E-state index in [2.05, 4.69) is 19.7 Å². The Hall–Kier alpha value is -3.15. The fraction of sp³-hybridized carbons (Fsp3) is 0.348. The lowest BCUT2D eigenvalue weighted by Crippen LogP contribution is -2.37. The molecule has 12 heteroatoms. The predicted octanol–water partition coefficient (Wildman–Crippen LogP) is 4.09. The van der Waals surface area contributed by atoms with Crippen molar-refractivity contribution >= 4 is 33.4 Å². The molecule has 186 valence electrons. The molecule has 1 aromatic carbocycles. The summed E-state index contributed by atoms with van der Waals surface area (Å²) < 4.78 is 45.4. The summed E-state index contributed by atoms with van der Waals surface area (Å²) in [6.07, 6.45) is 2.95. The summed E-state index contributed by atoms with van der Waals surface area (Å²) >= 11 is 6.29. The van der Waals surface area contributed by atoms with Crippen LogP contribution in [0.5, 0.6) is 17.2 Å². The molecule has 0 atom stereocenters. The Kier molecular flexibility index (Phi) is 7.58. The van der Waals surface area contributed by atoms with E-state index in [9.17, 15) is 8.42 Å². The Morgan fingerprint density at radius 1 is 1.09 bits per heavy atom. The molecule has 1 aliphatic heterocycles. The van der Waals surface area contributed by atoms with Crippen LogP contribution in [0.1, 0.15) is 25.3 Å². The zero-order chi connectivity index (χ0) is 25.0. The predicted molar refractivity (Wildman–Crippen MR) is 132 cm³/mol. The number of morpholine rings is 1. The molecule has 1 fully saturated rings. The van der Waals surface area contributed by atoms with Gasteiger partial charge < -0.3 is 19.1 Å². The van der Waals surface area contributed by atoms with Crippen LogP contribution in [0.3, 0.4) is 0 Å². The highest BCUT2D eigenvalue weighted by Crippen LogP contribution is 2.36. The van der Waals surface area contributed by atoms with E-state index >= 15 is 0 Å². The van der Waals surface area contributed by atoms with E-state index in [0.717, 1.165) is 5.56 Å². The number of halogens is 1. The van der Waals surface area contributed by atoms with Gasteiger partial charge in [0.25, 0.3) is 10.0 Å². The first-order valence-electron chi connectivity index (χ1n) is 11.0. The van der Waals surface area contributed by atoms with Gasteiger partial charge in [0.2, 0.25) is 5.95 Å². The number of methoxy groups -OCH3 is 1. The second-order valence-electron chi connectivity index (χ2n) is 8.07. The van der Waals surface area contributed by atoms with Gasteiger partial charge >= 0.3 is 0 Å². The summed E-state index contributed by atoms with van der Waals surface area (Å²) in [6, 6.07) is 8.08. The van der Waals surface area contributed by atoms with Crippen LogP contribution in [-0.2, 0) is 14.8 Å². The van der Waals surface area contributed by atoms with Crippen molar-refractivity contribution in [2.75, 3.05) is 43.0 Å². The Morgan fingerprint density at radius 3 is 2.51 bits per heavy atom. The molecular weight excluding hydrogens is 494 g/mol. The van der Waals surface area contributed by atoms with Crippen LogP contribution < -0.4 is 19.1 Å². The molecule has 35 heavy (non-hydrogen) atoms. The molecule has 3 aromatic rings. The molecule has 0 amide bonds. The van der Waals surface area contributed by atoms with Gasteiger partial charge in [0, 0.05) is 25.4 Å². The van der Waals surface area contributed by atoms with Gasteiger partial charge in [0.05, 0.1) is 31.5 Å².